The summed E-state index contributed by atoms with van der Waals surface area (Å²) in [6.45, 7) is 5.54. The van der Waals surface area contributed by atoms with E-state index in [2.05, 4.69) is 41.0 Å². The second-order valence-electron chi connectivity index (χ2n) is 4.84. The van der Waals surface area contributed by atoms with Crippen molar-refractivity contribution < 1.29 is 4.79 Å². The van der Waals surface area contributed by atoms with Crippen LogP contribution in [0, 0.1) is 6.92 Å². The van der Waals surface area contributed by atoms with Gasteiger partial charge in [-0.1, -0.05) is 0 Å². The van der Waals surface area contributed by atoms with E-state index in [0.29, 0.717) is 0 Å². The molecule has 0 aliphatic carbocycles. The highest BCUT2D eigenvalue weighted by Gasteiger charge is 2.22. The molecule has 1 atom stereocenters. The van der Waals surface area contributed by atoms with Crippen molar-refractivity contribution >= 4 is 17.2 Å². The molecule has 1 fully saturated rings. The number of nitrogens with zero attached hydrogens (tertiary/aromatic N) is 1. The molecule has 1 aliphatic rings. The molecule has 1 unspecified atom stereocenters. The highest BCUT2D eigenvalue weighted by molar-refractivity contribution is 7.10. The van der Waals surface area contributed by atoms with E-state index in [-0.39, 0.29) is 11.9 Å². The van der Waals surface area contributed by atoms with Gasteiger partial charge in [0.1, 0.15) is 0 Å². The van der Waals surface area contributed by atoms with Crippen LogP contribution in [0.2, 0.25) is 0 Å². The van der Waals surface area contributed by atoms with E-state index < -0.39 is 0 Å². The van der Waals surface area contributed by atoms with E-state index in [1.165, 1.54) is 10.4 Å². The number of amides is 1. The zero-order valence-electron chi connectivity index (χ0n) is 11.0. The second-order valence-corrected chi connectivity index (χ2v) is 5.84. The Bertz CT molecular complexity index is 405. The van der Waals surface area contributed by atoms with Crippen LogP contribution in [0.1, 0.15) is 10.4 Å². The minimum atomic E-state index is -0.0619. The first-order valence-electron chi connectivity index (χ1n) is 6.39. The molecule has 0 spiro atoms. The number of thiophene rings is 1. The van der Waals surface area contributed by atoms with Gasteiger partial charge in [0.25, 0.3) is 0 Å². The Labute approximate surface area is 112 Å². The van der Waals surface area contributed by atoms with Crippen LogP contribution < -0.4 is 10.6 Å². The van der Waals surface area contributed by atoms with Crippen molar-refractivity contribution in [3.63, 3.8) is 0 Å². The van der Waals surface area contributed by atoms with Gasteiger partial charge in [0.05, 0.1) is 6.04 Å². The zero-order chi connectivity index (χ0) is 13.0. The lowest BCUT2D eigenvalue weighted by atomic mass is 10.2. The summed E-state index contributed by atoms with van der Waals surface area (Å²) < 4.78 is 0. The van der Waals surface area contributed by atoms with Gasteiger partial charge in [0.15, 0.2) is 0 Å². The third kappa shape index (κ3) is 3.54. The Balaban J connectivity index is 1.73. The van der Waals surface area contributed by atoms with Crippen molar-refractivity contribution in [2.75, 3.05) is 33.2 Å². The summed E-state index contributed by atoms with van der Waals surface area (Å²) in [4.78, 5) is 15.5. The average molecular weight is 267 g/mol. The van der Waals surface area contributed by atoms with Gasteiger partial charge >= 0.3 is 0 Å². The minimum absolute atomic E-state index is 0.0619. The molecule has 4 nitrogen and oxygen atoms in total. The molecule has 18 heavy (non-hydrogen) atoms. The van der Waals surface area contributed by atoms with Gasteiger partial charge in [-0.3, -0.25) is 4.79 Å². The third-order valence-corrected chi connectivity index (χ3v) is 4.40. The highest BCUT2D eigenvalue weighted by Crippen LogP contribution is 2.15. The fraction of sp³-hybridized carbons (Fsp3) is 0.615. The smallest absolute Gasteiger partial charge is 0.238 e. The maximum absolute atomic E-state index is 12.0. The number of likely N-dealkylation sites (N-methyl/N-ethyl adjacent to an activating group) is 1. The molecule has 0 radical (unpaired) electrons. The molecule has 100 valence electrons. The van der Waals surface area contributed by atoms with Gasteiger partial charge in [0, 0.05) is 31.1 Å². The van der Waals surface area contributed by atoms with Gasteiger partial charge in [-0.25, -0.2) is 0 Å². The molecule has 1 saturated heterocycles. The van der Waals surface area contributed by atoms with Crippen LogP contribution in [0.15, 0.2) is 11.4 Å². The number of hydrogen-bond donors (Lipinski definition) is 2. The van der Waals surface area contributed by atoms with Crippen molar-refractivity contribution in [1.82, 2.24) is 15.5 Å². The van der Waals surface area contributed by atoms with E-state index in [1.807, 2.05) is 0 Å². The van der Waals surface area contributed by atoms with Gasteiger partial charge in [-0.05, 0) is 37.4 Å². The number of rotatable bonds is 4. The van der Waals surface area contributed by atoms with Crippen LogP contribution >= 0.6 is 11.3 Å². The van der Waals surface area contributed by atoms with Crippen LogP contribution in [0.5, 0.6) is 0 Å². The Morgan fingerprint density at radius 3 is 3.17 bits per heavy atom. The molecule has 1 aromatic rings. The minimum Gasteiger partial charge on any atom is -0.354 e. The number of piperazine rings is 1. The number of carbonyl (C=O) groups excluding carboxylic acids is 1. The normalized spacial score (nSPS) is 20.9. The first-order chi connectivity index (χ1) is 8.66. The molecule has 0 saturated carbocycles. The molecule has 2 rings (SSSR count). The number of carbonyl (C=O) groups is 1. The predicted molar refractivity (Wildman–Crippen MR) is 75.1 cm³/mol. The molecule has 2 N–H and O–H groups in total. The third-order valence-electron chi connectivity index (χ3n) is 3.31. The molecular weight excluding hydrogens is 246 g/mol. The van der Waals surface area contributed by atoms with Crippen LogP contribution in [0.25, 0.3) is 0 Å². The van der Waals surface area contributed by atoms with Crippen molar-refractivity contribution in [3.05, 3.63) is 21.9 Å². The van der Waals surface area contributed by atoms with E-state index in [0.717, 1.165) is 32.6 Å². The Morgan fingerprint density at radius 1 is 1.67 bits per heavy atom. The predicted octanol–water partition coefficient (Wildman–Crippen LogP) is 0.619. The van der Waals surface area contributed by atoms with E-state index in [1.54, 1.807) is 11.3 Å². The second kappa shape index (κ2) is 6.31. The van der Waals surface area contributed by atoms with Gasteiger partial charge < -0.3 is 15.5 Å². The molecule has 5 heteroatoms. The summed E-state index contributed by atoms with van der Waals surface area (Å²) >= 11 is 1.76. The summed E-state index contributed by atoms with van der Waals surface area (Å²) in [6.07, 6.45) is 0.928. The van der Waals surface area contributed by atoms with E-state index in [9.17, 15) is 4.79 Å². The Morgan fingerprint density at radius 2 is 2.50 bits per heavy atom. The average Bonchev–Trinajstić information content (AvgIpc) is 2.75. The van der Waals surface area contributed by atoms with Crippen molar-refractivity contribution in [2.24, 2.45) is 0 Å². The topological polar surface area (TPSA) is 44.4 Å². The summed E-state index contributed by atoms with van der Waals surface area (Å²) in [5.41, 5.74) is 1.32. The van der Waals surface area contributed by atoms with Gasteiger partial charge in [0.2, 0.25) is 5.91 Å². The lowest BCUT2D eigenvalue weighted by molar-refractivity contribution is -0.124. The maximum Gasteiger partial charge on any atom is 0.238 e. The number of aryl methyl sites for hydroxylation is 1. The molecule has 2 heterocycles. The largest absolute Gasteiger partial charge is 0.354 e. The van der Waals surface area contributed by atoms with Crippen LogP contribution in [0.3, 0.4) is 0 Å². The zero-order valence-corrected chi connectivity index (χ0v) is 11.8. The number of hydrogen-bond acceptors (Lipinski definition) is 4. The van der Waals surface area contributed by atoms with E-state index >= 15 is 0 Å². The summed E-state index contributed by atoms with van der Waals surface area (Å²) in [7, 11) is 2.05. The van der Waals surface area contributed by atoms with Crippen molar-refractivity contribution in [2.45, 2.75) is 19.4 Å². The SMILES string of the molecule is Cc1ccsc1CCNC(=O)C1CN(C)CCN1. The number of nitrogens with one attached hydrogen (secondary N) is 2. The Hall–Kier alpha value is -0.910. The lowest BCUT2D eigenvalue weighted by Gasteiger charge is -2.29. The first kappa shape index (κ1) is 13.5. The molecule has 1 aromatic heterocycles. The van der Waals surface area contributed by atoms with Crippen LogP contribution in [-0.2, 0) is 11.2 Å². The summed E-state index contributed by atoms with van der Waals surface area (Å²) in [5, 5.41) is 8.37. The van der Waals surface area contributed by atoms with Crippen LogP contribution in [0.4, 0.5) is 0 Å². The fourth-order valence-electron chi connectivity index (χ4n) is 2.16. The highest BCUT2D eigenvalue weighted by atomic mass is 32.1. The quantitative estimate of drug-likeness (QED) is 0.840. The van der Waals surface area contributed by atoms with E-state index in [4.69, 9.17) is 0 Å². The van der Waals surface area contributed by atoms with Gasteiger partial charge in [-0.15, -0.1) is 11.3 Å². The lowest BCUT2D eigenvalue weighted by Crippen LogP contribution is -2.56. The Kier molecular flexibility index (Phi) is 4.74. The van der Waals surface area contributed by atoms with Crippen molar-refractivity contribution in [1.29, 1.82) is 0 Å². The summed E-state index contributed by atoms with van der Waals surface area (Å²) in [6, 6.07) is 2.06. The molecule has 1 aliphatic heterocycles. The van der Waals surface area contributed by atoms with Crippen LogP contribution in [-0.4, -0.2) is 50.1 Å². The standard InChI is InChI=1S/C13H21N3OS/c1-10-4-8-18-12(10)3-5-15-13(17)11-9-16(2)7-6-14-11/h4,8,11,14H,3,5-7,9H2,1-2H3,(H,15,17). The maximum atomic E-state index is 12.0. The molecule has 0 bridgehead atoms. The summed E-state index contributed by atoms with van der Waals surface area (Å²) in [5.74, 6) is 0.121. The molecule has 1 amide bonds. The molecular formula is C13H21N3OS. The van der Waals surface area contributed by atoms with Gasteiger partial charge in [-0.2, -0.15) is 0 Å². The van der Waals surface area contributed by atoms with Crippen molar-refractivity contribution in [3.8, 4) is 0 Å². The molecule has 0 aromatic carbocycles. The first-order valence-corrected chi connectivity index (χ1v) is 7.27. The fourth-order valence-corrected chi connectivity index (χ4v) is 3.07. The monoisotopic (exact) mass is 267 g/mol.